The number of amides is 1. The first-order chi connectivity index (χ1) is 17.0. The molecular formula is C26H41N5O3S. The maximum atomic E-state index is 13.2. The molecule has 4 N–H and O–H groups in total. The third-order valence-corrected chi connectivity index (χ3v) is 9.98. The highest BCUT2D eigenvalue weighted by Gasteiger charge is 2.38. The predicted octanol–water partition coefficient (Wildman–Crippen LogP) is 1.72. The fourth-order valence-corrected chi connectivity index (χ4v) is 7.81. The van der Waals surface area contributed by atoms with Crippen molar-refractivity contribution in [2.24, 2.45) is 5.92 Å². The Bertz CT molecular complexity index is 950. The molecule has 5 atom stereocenters. The first-order valence-electron chi connectivity index (χ1n) is 13.6. The van der Waals surface area contributed by atoms with Gasteiger partial charge in [-0.3, -0.25) is 9.69 Å². The van der Waals surface area contributed by atoms with Crippen molar-refractivity contribution in [2.75, 3.05) is 26.2 Å². The molecule has 3 heterocycles. The predicted molar refractivity (Wildman–Crippen MR) is 136 cm³/mol. The average Bonchev–Trinajstić information content (AvgIpc) is 3.33. The molecule has 35 heavy (non-hydrogen) atoms. The van der Waals surface area contributed by atoms with Crippen molar-refractivity contribution in [3.05, 3.63) is 29.8 Å². The Labute approximate surface area is 210 Å². The van der Waals surface area contributed by atoms with Crippen LogP contribution in [0, 0.1) is 5.92 Å². The molecule has 0 aromatic heterocycles. The van der Waals surface area contributed by atoms with E-state index in [2.05, 4.69) is 25.6 Å². The van der Waals surface area contributed by atoms with E-state index in [0.717, 1.165) is 63.8 Å². The lowest BCUT2D eigenvalue weighted by atomic mass is 9.89. The van der Waals surface area contributed by atoms with Gasteiger partial charge in [-0.05, 0) is 88.3 Å². The van der Waals surface area contributed by atoms with Gasteiger partial charge in [-0.25, -0.2) is 13.1 Å². The number of piperidine rings is 2. The van der Waals surface area contributed by atoms with E-state index in [-0.39, 0.29) is 18.0 Å². The first kappa shape index (κ1) is 25.1. The van der Waals surface area contributed by atoms with Crippen LogP contribution in [0.25, 0.3) is 0 Å². The smallest absolute Gasteiger partial charge is 0.240 e. The molecule has 194 valence electrons. The normalized spacial score (nSPS) is 32.2. The molecule has 1 aromatic rings. The molecule has 1 aliphatic carbocycles. The minimum atomic E-state index is -3.58. The van der Waals surface area contributed by atoms with Crippen LogP contribution in [0.2, 0.25) is 0 Å². The number of rotatable bonds is 7. The van der Waals surface area contributed by atoms with Gasteiger partial charge in [0.15, 0.2) is 0 Å². The van der Waals surface area contributed by atoms with Gasteiger partial charge in [0.05, 0.1) is 10.9 Å². The van der Waals surface area contributed by atoms with Crippen molar-refractivity contribution >= 4 is 15.9 Å². The molecule has 0 spiro atoms. The number of fused-ring (bicyclic) bond motifs is 1. The molecule has 1 amide bonds. The minimum absolute atomic E-state index is 0.0244. The number of hydrogen-bond acceptors (Lipinski definition) is 6. The molecule has 3 saturated heterocycles. The highest BCUT2D eigenvalue weighted by atomic mass is 32.2. The molecule has 0 bridgehead atoms. The van der Waals surface area contributed by atoms with Gasteiger partial charge in [-0.1, -0.05) is 31.4 Å². The maximum absolute atomic E-state index is 13.2. The molecule has 4 fully saturated rings. The van der Waals surface area contributed by atoms with Gasteiger partial charge in [0.1, 0.15) is 0 Å². The van der Waals surface area contributed by atoms with Crippen LogP contribution < -0.4 is 20.7 Å². The van der Waals surface area contributed by atoms with Gasteiger partial charge in [-0.2, -0.15) is 0 Å². The van der Waals surface area contributed by atoms with Crippen molar-refractivity contribution in [1.82, 2.24) is 25.6 Å². The Kier molecular flexibility index (Phi) is 8.08. The molecule has 8 nitrogen and oxygen atoms in total. The number of nitrogens with zero attached hydrogens (tertiary/aromatic N) is 1. The second kappa shape index (κ2) is 11.3. The summed E-state index contributed by atoms with van der Waals surface area (Å²) in [6.45, 7) is 4.55. The fourth-order valence-electron chi connectivity index (χ4n) is 6.50. The number of benzene rings is 1. The average molecular weight is 504 g/mol. The van der Waals surface area contributed by atoms with Crippen LogP contribution in [0.15, 0.2) is 29.2 Å². The van der Waals surface area contributed by atoms with Gasteiger partial charge >= 0.3 is 0 Å². The van der Waals surface area contributed by atoms with E-state index in [0.29, 0.717) is 29.4 Å². The largest absolute Gasteiger partial charge is 0.351 e. The highest BCUT2D eigenvalue weighted by Crippen LogP contribution is 2.28. The van der Waals surface area contributed by atoms with Crippen LogP contribution >= 0.6 is 0 Å². The summed E-state index contributed by atoms with van der Waals surface area (Å²) in [5.41, 5.74) is 0.901. The Morgan fingerprint density at radius 3 is 2.54 bits per heavy atom. The zero-order valence-electron chi connectivity index (χ0n) is 20.7. The molecule has 3 aliphatic heterocycles. The van der Waals surface area contributed by atoms with E-state index in [4.69, 9.17) is 0 Å². The fraction of sp³-hybridized carbons (Fsp3) is 0.731. The number of carbonyl (C=O) groups is 1. The van der Waals surface area contributed by atoms with Crippen LogP contribution in [0.5, 0.6) is 0 Å². The Balaban J connectivity index is 1.15. The molecule has 0 radical (unpaired) electrons. The van der Waals surface area contributed by atoms with Gasteiger partial charge in [0, 0.05) is 24.7 Å². The maximum Gasteiger partial charge on any atom is 0.240 e. The summed E-state index contributed by atoms with van der Waals surface area (Å²) in [5.74, 6) is 0.550. The second-order valence-corrected chi connectivity index (χ2v) is 12.6. The highest BCUT2D eigenvalue weighted by molar-refractivity contribution is 7.89. The molecule has 1 aromatic carbocycles. The molecular weight excluding hydrogens is 462 g/mol. The summed E-state index contributed by atoms with van der Waals surface area (Å²) in [6, 6.07) is 7.51. The molecule has 4 aliphatic rings. The zero-order valence-corrected chi connectivity index (χ0v) is 21.5. The van der Waals surface area contributed by atoms with E-state index >= 15 is 0 Å². The molecule has 1 saturated carbocycles. The summed E-state index contributed by atoms with van der Waals surface area (Å²) in [4.78, 5) is 15.5. The van der Waals surface area contributed by atoms with Crippen LogP contribution in [0.4, 0.5) is 0 Å². The topological polar surface area (TPSA) is 103 Å². The zero-order chi connectivity index (χ0) is 24.3. The van der Waals surface area contributed by atoms with Gasteiger partial charge < -0.3 is 16.0 Å². The molecule has 5 rings (SSSR count). The van der Waals surface area contributed by atoms with Crippen molar-refractivity contribution in [3.8, 4) is 0 Å². The quantitative estimate of drug-likeness (QED) is 0.452. The first-order valence-corrected chi connectivity index (χ1v) is 15.1. The monoisotopic (exact) mass is 503 g/mol. The summed E-state index contributed by atoms with van der Waals surface area (Å²) in [5, 5.41) is 9.91. The minimum Gasteiger partial charge on any atom is -0.351 e. The number of likely N-dealkylation sites (tertiary alicyclic amines) is 1. The second-order valence-electron chi connectivity index (χ2n) is 10.9. The summed E-state index contributed by atoms with van der Waals surface area (Å²) in [6.07, 6.45) is 9.86. The van der Waals surface area contributed by atoms with Gasteiger partial charge in [0.25, 0.3) is 0 Å². The van der Waals surface area contributed by atoms with Crippen LogP contribution in [-0.2, 0) is 21.4 Å². The van der Waals surface area contributed by atoms with Crippen LogP contribution in [0.1, 0.15) is 63.4 Å². The SMILES string of the molecule is O=C(NCc1ccc(S(=O)(=O)NC2CCCCC2N2CCCCC2)cc1)C1CC2CNCCC2N1. The van der Waals surface area contributed by atoms with E-state index in [1.165, 1.54) is 25.7 Å². The van der Waals surface area contributed by atoms with Crippen LogP contribution in [-0.4, -0.2) is 69.6 Å². The lowest BCUT2D eigenvalue weighted by Gasteiger charge is -2.41. The Hall–Kier alpha value is -1.52. The third kappa shape index (κ3) is 6.07. The standard InChI is InChI=1S/C26H41N5O3S/c32-26(24-16-20-18-27-13-12-22(20)29-24)28-17-19-8-10-21(11-9-19)35(33,34)30-23-6-2-3-7-25(23)31-14-4-1-5-15-31/h8-11,20,22-25,27,29-30H,1-7,12-18H2,(H,28,32). The van der Waals surface area contributed by atoms with Crippen molar-refractivity contribution in [1.29, 1.82) is 0 Å². The van der Waals surface area contributed by atoms with Crippen molar-refractivity contribution < 1.29 is 13.2 Å². The third-order valence-electron chi connectivity index (χ3n) is 8.47. The van der Waals surface area contributed by atoms with E-state index in [9.17, 15) is 13.2 Å². The van der Waals surface area contributed by atoms with E-state index in [1.54, 1.807) is 12.1 Å². The van der Waals surface area contributed by atoms with E-state index < -0.39 is 10.0 Å². The van der Waals surface area contributed by atoms with Crippen molar-refractivity contribution in [2.45, 2.75) is 93.4 Å². The van der Waals surface area contributed by atoms with Crippen LogP contribution in [0.3, 0.4) is 0 Å². The number of hydrogen-bond donors (Lipinski definition) is 4. The Morgan fingerprint density at radius 1 is 1.00 bits per heavy atom. The lowest BCUT2D eigenvalue weighted by Crippen LogP contribution is -2.54. The number of sulfonamides is 1. The van der Waals surface area contributed by atoms with Gasteiger partial charge in [0.2, 0.25) is 15.9 Å². The number of nitrogens with one attached hydrogen (secondary N) is 4. The summed E-state index contributed by atoms with van der Waals surface area (Å²) in [7, 11) is -3.58. The summed E-state index contributed by atoms with van der Waals surface area (Å²) < 4.78 is 29.4. The Morgan fingerprint density at radius 2 is 1.77 bits per heavy atom. The van der Waals surface area contributed by atoms with E-state index in [1.807, 2.05) is 12.1 Å². The number of carbonyl (C=O) groups excluding carboxylic acids is 1. The van der Waals surface area contributed by atoms with Gasteiger partial charge in [-0.15, -0.1) is 0 Å². The lowest BCUT2D eigenvalue weighted by molar-refractivity contribution is -0.123. The van der Waals surface area contributed by atoms with Crippen molar-refractivity contribution in [3.63, 3.8) is 0 Å². The summed E-state index contributed by atoms with van der Waals surface area (Å²) >= 11 is 0. The molecule has 5 unspecified atom stereocenters. The molecule has 9 heteroatoms.